The van der Waals surface area contributed by atoms with Crippen LogP contribution in [0, 0.1) is 6.08 Å². The highest BCUT2D eigenvalue weighted by Gasteiger charge is 1.93. The topological polar surface area (TPSA) is 0 Å². The van der Waals surface area contributed by atoms with Gasteiger partial charge in [0.1, 0.15) is 0 Å². The van der Waals surface area contributed by atoms with Gasteiger partial charge in [-0.3, -0.25) is 0 Å². The summed E-state index contributed by atoms with van der Waals surface area (Å²) in [6.07, 6.45) is 29.5. The molecule has 0 bridgehead atoms. The summed E-state index contributed by atoms with van der Waals surface area (Å²) in [5.41, 5.74) is 0. The lowest BCUT2D eigenvalue weighted by Crippen LogP contribution is -1.83. The molecule has 0 aromatic rings. The Hall–Kier alpha value is -0.520. The number of hydrogen-bond donors (Lipinski definition) is 0. The van der Waals surface area contributed by atoms with Crippen molar-refractivity contribution in [2.75, 3.05) is 0 Å². The third-order valence-corrected chi connectivity index (χ3v) is 3.79. The van der Waals surface area contributed by atoms with Crippen molar-refractivity contribution in [3.05, 3.63) is 24.3 Å². The van der Waals surface area contributed by atoms with E-state index in [0.29, 0.717) is 0 Å². The van der Waals surface area contributed by atoms with Gasteiger partial charge in [0.15, 0.2) is 0 Å². The van der Waals surface area contributed by atoms with E-state index in [1.165, 1.54) is 83.5 Å². The second kappa shape index (κ2) is 12.9. The lowest BCUT2D eigenvalue weighted by Gasteiger charge is -2.02. The van der Waals surface area contributed by atoms with Gasteiger partial charge >= 0.3 is 0 Å². The molecule has 0 N–H and O–H groups in total. The summed E-state index contributed by atoms with van der Waals surface area (Å²) in [5.74, 6) is 0. The molecule has 103 valence electrons. The van der Waals surface area contributed by atoms with E-state index >= 15 is 0 Å². The molecule has 0 fully saturated rings. The fourth-order valence-corrected chi connectivity index (χ4v) is 2.57. The Bertz CT molecular complexity index is 188. The largest absolute Gasteiger partial charge is 0.0845 e. The molecular weight excluding hydrogens is 216 g/mol. The maximum Gasteiger partial charge on any atom is -0.0276 e. The smallest absolute Gasteiger partial charge is 0.0276 e. The second-order valence-corrected chi connectivity index (χ2v) is 5.58. The Morgan fingerprint density at radius 2 is 1.06 bits per heavy atom. The summed E-state index contributed by atoms with van der Waals surface area (Å²) in [4.78, 5) is 0. The highest BCUT2D eigenvalue weighted by molar-refractivity contribution is 4.98. The first-order chi connectivity index (χ1) is 9.00. The van der Waals surface area contributed by atoms with Crippen molar-refractivity contribution >= 4 is 0 Å². The van der Waals surface area contributed by atoms with Gasteiger partial charge in [-0.15, -0.1) is 0 Å². The zero-order valence-electron chi connectivity index (χ0n) is 12.1. The molecule has 0 unspecified atom stereocenters. The van der Waals surface area contributed by atoms with Crippen LogP contribution in [0.25, 0.3) is 0 Å². The Morgan fingerprint density at radius 3 is 1.67 bits per heavy atom. The zero-order valence-corrected chi connectivity index (χ0v) is 12.1. The summed E-state index contributed by atoms with van der Waals surface area (Å²) in [6, 6.07) is 0. The number of allylic oxidation sites excluding steroid dienone is 4. The highest BCUT2D eigenvalue weighted by atomic mass is 14.0. The van der Waals surface area contributed by atoms with Gasteiger partial charge in [0.05, 0.1) is 0 Å². The minimum Gasteiger partial charge on any atom is -0.0845 e. The van der Waals surface area contributed by atoms with Crippen LogP contribution in [0.5, 0.6) is 0 Å². The minimum absolute atomic E-state index is 1.14. The van der Waals surface area contributed by atoms with E-state index in [9.17, 15) is 0 Å². The summed E-state index contributed by atoms with van der Waals surface area (Å²) in [5, 5.41) is 0. The van der Waals surface area contributed by atoms with Crippen molar-refractivity contribution in [3.63, 3.8) is 0 Å². The van der Waals surface area contributed by atoms with Gasteiger partial charge in [0, 0.05) is 0 Å². The van der Waals surface area contributed by atoms with Crippen LogP contribution in [0.15, 0.2) is 18.2 Å². The first-order valence-electron chi connectivity index (χ1n) is 8.22. The molecular formula is C18H31. The molecule has 0 saturated heterocycles. The van der Waals surface area contributed by atoms with E-state index in [2.05, 4.69) is 24.3 Å². The van der Waals surface area contributed by atoms with Gasteiger partial charge in [-0.25, -0.2) is 0 Å². The average molecular weight is 247 g/mol. The molecule has 0 amide bonds. The maximum atomic E-state index is 3.38. The molecule has 0 aromatic heterocycles. The third-order valence-electron chi connectivity index (χ3n) is 3.79. The molecule has 1 aliphatic rings. The third kappa shape index (κ3) is 10.6. The molecule has 18 heavy (non-hydrogen) atoms. The Balaban J connectivity index is 2.13. The molecule has 1 radical (unpaired) electrons. The summed E-state index contributed by atoms with van der Waals surface area (Å²) < 4.78 is 0. The lowest BCUT2D eigenvalue weighted by atomic mass is 10.0. The first-order valence-corrected chi connectivity index (χ1v) is 8.22. The zero-order chi connectivity index (χ0) is 12.7. The molecule has 0 atom stereocenters. The normalized spacial score (nSPS) is 25.8. The van der Waals surface area contributed by atoms with Crippen molar-refractivity contribution in [1.82, 2.24) is 0 Å². The van der Waals surface area contributed by atoms with Crippen LogP contribution in [0.1, 0.15) is 89.9 Å². The van der Waals surface area contributed by atoms with Crippen LogP contribution in [-0.2, 0) is 0 Å². The number of hydrogen-bond acceptors (Lipinski definition) is 0. The maximum absolute atomic E-state index is 3.38. The quantitative estimate of drug-likeness (QED) is 0.466. The fraction of sp³-hybridized carbons (Fsp3) is 0.778. The first kappa shape index (κ1) is 15.5. The van der Waals surface area contributed by atoms with Gasteiger partial charge in [-0.1, -0.05) is 82.4 Å². The molecule has 0 heterocycles. The fourth-order valence-electron chi connectivity index (χ4n) is 2.57. The SMILES string of the molecule is [C]1=C/C=C\CCCCCCCCCCCCCC/1. The van der Waals surface area contributed by atoms with E-state index in [0.717, 1.165) is 6.42 Å². The standard InChI is InChI=1S/C18H31/c1-2-4-6-8-10-12-14-16-18-17-15-13-11-9-7-5-3-1/h1-3H,4,6-18H2/b2-1-,5-3?. The molecule has 0 spiro atoms. The van der Waals surface area contributed by atoms with Crippen molar-refractivity contribution in [1.29, 1.82) is 0 Å². The van der Waals surface area contributed by atoms with Crippen molar-refractivity contribution in [3.8, 4) is 0 Å². The van der Waals surface area contributed by atoms with Gasteiger partial charge < -0.3 is 0 Å². The van der Waals surface area contributed by atoms with Crippen LogP contribution in [0.2, 0.25) is 0 Å². The second-order valence-electron chi connectivity index (χ2n) is 5.58. The Labute approximate surface area is 115 Å². The molecule has 0 aliphatic heterocycles. The average Bonchev–Trinajstić information content (AvgIpc) is 2.39. The van der Waals surface area contributed by atoms with Crippen molar-refractivity contribution in [2.45, 2.75) is 89.9 Å². The number of rotatable bonds is 0. The van der Waals surface area contributed by atoms with E-state index < -0.39 is 0 Å². The van der Waals surface area contributed by atoms with Gasteiger partial charge in [-0.05, 0) is 31.8 Å². The Kier molecular flexibility index (Phi) is 11.2. The van der Waals surface area contributed by atoms with E-state index in [-0.39, 0.29) is 0 Å². The van der Waals surface area contributed by atoms with Crippen LogP contribution in [-0.4, -0.2) is 0 Å². The summed E-state index contributed by atoms with van der Waals surface area (Å²) >= 11 is 0. The van der Waals surface area contributed by atoms with Gasteiger partial charge in [0.25, 0.3) is 0 Å². The van der Waals surface area contributed by atoms with Crippen LogP contribution < -0.4 is 0 Å². The molecule has 1 rings (SSSR count). The van der Waals surface area contributed by atoms with Crippen molar-refractivity contribution < 1.29 is 0 Å². The molecule has 0 aromatic carbocycles. The predicted molar refractivity (Wildman–Crippen MR) is 81.6 cm³/mol. The molecule has 0 saturated carbocycles. The molecule has 0 heteroatoms. The Morgan fingerprint density at radius 1 is 0.556 bits per heavy atom. The van der Waals surface area contributed by atoms with E-state index in [1.807, 2.05) is 0 Å². The monoisotopic (exact) mass is 247 g/mol. The predicted octanol–water partition coefficient (Wildman–Crippen LogP) is 6.38. The molecule has 1 aliphatic carbocycles. The van der Waals surface area contributed by atoms with Crippen molar-refractivity contribution in [2.24, 2.45) is 0 Å². The van der Waals surface area contributed by atoms with Crippen LogP contribution in [0.3, 0.4) is 0 Å². The van der Waals surface area contributed by atoms with Crippen LogP contribution >= 0.6 is 0 Å². The van der Waals surface area contributed by atoms with Gasteiger partial charge in [0.2, 0.25) is 0 Å². The van der Waals surface area contributed by atoms with Crippen LogP contribution in [0.4, 0.5) is 0 Å². The minimum atomic E-state index is 1.14. The molecule has 0 nitrogen and oxygen atoms in total. The van der Waals surface area contributed by atoms with E-state index in [4.69, 9.17) is 0 Å². The highest BCUT2D eigenvalue weighted by Crippen LogP contribution is 2.13. The summed E-state index contributed by atoms with van der Waals surface area (Å²) in [7, 11) is 0. The lowest BCUT2D eigenvalue weighted by molar-refractivity contribution is 0.541. The van der Waals surface area contributed by atoms with E-state index in [1.54, 1.807) is 0 Å². The summed E-state index contributed by atoms with van der Waals surface area (Å²) in [6.45, 7) is 0. The van der Waals surface area contributed by atoms with Gasteiger partial charge in [-0.2, -0.15) is 0 Å².